The second kappa shape index (κ2) is 7.02. The third-order valence-corrected chi connectivity index (χ3v) is 4.04. The average molecular weight is 371 g/mol. The minimum absolute atomic E-state index is 0.154. The van der Waals surface area contributed by atoms with E-state index in [1.54, 1.807) is 10.9 Å². The van der Waals surface area contributed by atoms with Crippen LogP contribution < -0.4 is 0 Å². The van der Waals surface area contributed by atoms with Crippen LogP contribution in [0, 0.1) is 0 Å². The van der Waals surface area contributed by atoms with E-state index in [1.165, 1.54) is 12.1 Å². The van der Waals surface area contributed by atoms with Gasteiger partial charge in [-0.2, -0.15) is 18.3 Å². The Hall–Kier alpha value is -2.89. The Morgan fingerprint density at radius 3 is 2.11 bits per heavy atom. The number of nitrogens with zero attached hydrogens (tertiary/aromatic N) is 3. The summed E-state index contributed by atoms with van der Waals surface area (Å²) in [6, 6.07) is 16.4. The molecule has 0 unspecified atom stereocenters. The Morgan fingerprint density at radius 2 is 1.56 bits per heavy atom. The maximum atomic E-state index is 12.7. The maximum Gasteiger partial charge on any atom is 0.416 e. The monoisotopic (exact) mass is 371 g/mol. The van der Waals surface area contributed by atoms with Crippen LogP contribution in [0.4, 0.5) is 19.0 Å². The van der Waals surface area contributed by atoms with Crippen molar-refractivity contribution in [3.8, 4) is 5.69 Å². The van der Waals surface area contributed by atoms with Gasteiger partial charge in [0.2, 0.25) is 0 Å². The van der Waals surface area contributed by atoms with Gasteiger partial charge in [0.1, 0.15) is 0 Å². The molecule has 0 bridgehead atoms. The van der Waals surface area contributed by atoms with E-state index in [-0.39, 0.29) is 5.41 Å². The molecular formula is C21H20F3N3. The van der Waals surface area contributed by atoms with E-state index < -0.39 is 11.7 Å². The Morgan fingerprint density at radius 1 is 0.926 bits per heavy atom. The van der Waals surface area contributed by atoms with Crippen molar-refractivity contribution in [2.75, 3.05) is 0 Å². The van der Waals surface area contributed by atoms with Crippen LogP contribution >= 0.6 is 0 Å². The van der Waals surface area contributed by atoms with Gasteiger partial charge >= 0.3 is 6.18 Å². The standard InChI is InChI=1S/C21H20F3N3/c1-20(2,3)18-13-19(27(26-18)17-7-5-4-6-8-17)25-14-15-9-11-16(12-10-15)21(22,23)24/h4-14H,1-3H3/b25-14+. The first-order valence-corrected chi connectivity index (χ1v) is 8.52. The van der Waals surface area contributed by atoms with Crippen LogP contribution in [0.1, 0.15) is 37.6 Å². The smallest absolute Gasteiger partial charge is 0.236 e. The van der Waals surface area contributed by atoms with E-state index in [0.717, 1.165) is 23.5 Å². The largest absolute Gasteiger partial charge is 0.416 e. The molecule has 1 heterocycles. The highest BCUT2D eigenvalue weighted by Gasteiger charge is 2.29. The molecule has 0 aliphatic heterocycles. The molecular weight excluding hydrogens is 351 g/mol. The van der Waals surface area contributed by atoms with Crippen LogP contribution in [-0.2, 0) is 11.6 Å². The first-order valence-electron chi connectivity index (χ1n) is 8.52. The summed E-state index contributed by atoms with van der Waals surface area (Å²) in [6.07, 6.45) is -2.80. The molecule has 27 heavy (non-hydrogen) atoms. The molecule has 6 heteroatoms. The van der Waals surface area contributed by atoms with Gasteiger partial charge in [-0.1, -0.05) is 51.1 Å². The summed E-state index contributed by atoms with van der Waals surface area (Å²) in [7, 11) is 0. The SMILES string of the molecule is CC(C)(C)c1cc(/N=C/c2ccc(C(F)(F)F)cc2)n(-c2ccccc2)n1. The lowest BCUT2D eigenvalue weighted by Crippen LogP contribution is -2.12. The van der Waals surface area contributed by atoms with Crippen molar-refractivity contribution < 1.29 is 13.2 Å². The molecule has 0 spiro atoms. The number of aromatic nitrogens is 2. The Bertz CT molecular complexity index is 932. The Labute approximate surface area is 156 Å². The average Bonchev–Trinajstić information content (AvgIpc) is 3.05. The predicted molar refractivity (Wildman–Crippen MR) is 101 cm³/mol. The van der Waals surface area contributed by atoms with Crippen LogP contribution in [0.5, 0.6) is 0 Å². The van der Waals surface area contributed by atoms with E-state index in [1.807, 2.05) is 36.4 Å². The molecule has 3 aromatic rings. The first kappa shape index (κ1) is 18.9. The highest BCUT2D eigenvalue weighted by atomic mass is 19.4. The van der Waals surface area contributed by atoms with E-state index in [0.29, 0.717) is 11.4 Å². The zero-order chi connectivity index (χ0) is 19.7. The fraction of sp³-hybridized carbons (Fsp3) is 0.238. The molecule has 0 amide bonds. The fourth-order valence-corrected chi connectivity index (χ4v) is 2.49. The topological polar surface area (TPSA) is 30.2 Å². The summed E-state index contributed by atoms with van der Waals surface area (Å²) in [5.74, 6) is 0.617. The number of alkyl halides is 3. The summed E-state index contributed by atoms with van der Waals surface area (Å²) in [4.78, 5) is 4.47. The number of rotatable bonds is 3. The van der Waals surface area contributed by atoms with Gasteiger partial charge in [-0.3, -0.25) is 0 Å². The molecule has 0 saturated carbocycles. The van der Waals surface area contributed by atoms with Gasteiger partial charge in [-0.25, -0.2) is 9.67 Å². The van der Waals surface area contributed by atoms with Crippen LogP contribution in [0.3, 0.4) is 0 Å². The predicted octanol–water partition coefficient (Wildman–Crippen LogP) is 5.94. The molecule has 2 aromatic carbocycles. The minimum atomic E-state index is -4.34. The van der Waals surface area contributed by atoms with Gasteiger partial charge in [0.25, 0.3) is 0 Å². The summed E-state index contributed by atoms with van der Waals surface area (Å²) >= 11 is 0. The lowest BCUT2D eigenvalue weighted by atomic mass is 9.92. The van der Waals surface area contributed by atoms with Gasteiger partial charge in [0, 0.05) is 17.7 Å². The van der Waals surface area contributed by atoms with Crippen molar-refractivity contribution in [1.82, 2.24) is 9.78 Å². The van der Waals surface area contributed by atoms with E-state index in [2.05, 4.69) is 30.9 Å². The van der Waals surface area contributed by atoms with Gasteiger partial charge in [-0.15, -0.1) is 0 Å². The van der Waals surface area contributed by atoms with E-state index in [4.69, 9.17) is 0 Å². The molecule has 0 radical (unpaired) electrons. The highest BCUT2D eigenvalue weighted by Crippen LogP contribution is 2.30. The molecule has 0 atom stereocenters. The second-order valence-corrected chi connectivity index (χ2v) is 7.26. The molecule has 0 N–H and O–H groups in total. The van der Waals surface area contributed by atoms with E-state index in [9.17, 15) is 13.2 Å². The molecule has 3 nitrogen and oxygen atoms in total. The van der Waals surface area contributed by atoms with Crippen LogP contribution in [0.15, 0.2) is 65.7 Å². The fourth-order valence-electron chi connectivity index (χ4n) is 2.49. The van der Waals surface area contributed by atoms with Gasteiger partial charge in [0.15, 0.2) is 5.82 Å². The summed E-state index contributed by atoms with van der Waals surface area (Å²) in [6.45, 7) is 6.19. The number of aliphatic imine (C=N–C) groups is 1. The number of hydrogen-bond donors (Lipinski definition) is 0. The Balaban J connectivity index is 1.96. The highest BCUT2D eigenvalue weighted by molar-refractivity contribution is 5.81. The Kier molecular flexibility index (Phi) is 4.91. The zero-order valence-electron chi connectivity index (χ0n) is 15.3. The summed E-state index contributed by atoms with van der Waals surface area (Å²) < 4.78 is 39.8. The molecule has 0 aliphatic carbocycles. The van der Waals surface area contributed by atoms with Crippen LogP contribution in [0.25, 0.3) is 5.69 Å². The van der Waals surface area contributed by atoms with Gasteiger partial charge in [-0.05, 0) is 29.8 Å². The molecule has 0 aliphatic rings. The van der Waals surface area contributed by atoms with Crippen molar-refractivity contribution >= 4 is 12.0 Å². The minimum Gasteiger partial charge on any atom is -0.236 e. The van der Waals surface area contributed by atoms with Crippen molar-refractivity contribution in [3.05, 3.63) is 77.5 Å². The number of benzene rings is 2. The first-order chi connectivity index (χ1) is 12.6. The molecule has 0 saturated heterocycles. The van der Waals surface area contributed by atoms with Crippen molar-refractivity contribution in [2.24, 2.45) is 4.99 Å². The molecule has 140 valence electrons. The normalized spacial score (nSPS) is 12.7. The zero-order valence-corrected chi connectivity index (χ0v) is 15.3. The van der Waals surface area contributed by atoms with Crippen LogP contribution in [-0.4, -0.2) is 16.0 Å². The van der Waals surface area contributed by atoms with Crippen LogP contribution in [0.2, 0.25) is 0 Å². The number of hydrogen-bond acceptors (Lipinski definition) is 2. The molecule has 0 fully saturated rings. The molecule has 1 aromatic heterocycles. The van der Waals surface area contributed by atoms with Crippen molar-refractivity contribution in [3.63, 3.8) is 0 Å². The maximum absolute atomic E-state index is 12.7. The number of para-hydroxylation sites is 1. The third-order valence-electron chi connectivity index (χ3n) is 4.04. The number of halogens is 3. The third kappa shape index (κ3) is 4.45. The second-order valence-electron chi connectivity index (χ2n) is 7.26. The van der Waals surface area contributed by atoms with Gasteiger partial charge < -0.3 is 0 Å². The van der Waals surface area contributed by atoms with Crippen molar-refractivity contribution in [2.45, 2.75) is 32.4 Å². The van der Waals surface area contributed by atoms with Crippen molar-refractivity contribution in [1.29, 1.82) is 0 Å². The lowest BCUT2D eigenvalue weighted by molar-refractivity contribution is -0.137. The lowest BCUT2D eigenvalue weighted by Gasteiger charge is -2.14. The summed E-state index contributed by atoms with van der Waals surface area (Å²) in [5, 5.41) is 4.66. The quantitative estimate of drug-likeness (QED) is 0.524. The molecule has 3 rings (SSSR count). The van der Waals surface area contributed by atoms with E-state index >= 15 is 0 Å². The summed E-state index contributed by atoms with van der Waals surface area (Å²) in [5.41, 5.74) is 1.50. The van der Waals surface area contributed by atoms with Gasteiger partial charge in [0.05, 0.1) is 16.9 Å².